The van der Waals surface area contributed by atoms with E-state index in [0.29, 0.717) is 12.4 Å². The number of rotatable bonds is 5. The number of nitrogens with two attached hydrogens (primary N) is 1. The van der Waals surface area contributed by atoms with Crippen LogP contribution in [-0.4, -0.2) is 9.97 Å². The van der Waals surface area contributed by atoms with E-state index < -0.39 is 0 Å². The highest BCUT2D eigenvalue weighted by atomic mass is 16.5. The highest BCUT2D eigenvalue weighted by Gasteiger charge is 2.16. The van der Waals surface area contributed by atoms with Crippen molar-refractivity contribution in [3.05, 3.63) is 120 Å². The van der Waals surface area contributed by atoms with Gasteiger partial charge < -0.3 is 10.5 Å². The van der Waals surface area contributed by atoms with Crippen LogP contribution < -0.4 is 10.5 Å². The molecule has 0 bridgehead atoms. The molecule has 0 atom stereocenters. The van der Waals surface area contributed by atoms with Gasteiger partial charge >= 0.3 is 0 Å². The van der Waals surface area contributed by atoms with Gasteiger partial charge in [0.1, 0.15) is 24.5 Å². The highest BCUT2D eigenvalue weighted by Crippen LogP contribution is 2.38. The normalized spacial score (nSPS) is 14.0. The molecule has 4 aromatic rings. The maximum atomic E-state index is 6.17. The largest absolute Gasteiger partial charge is 0.489 e. The van der Waals surface area contributed by atoms with E-state index in [4.69, 9.17) is 10.5 Å². The van der Waals surface area contributed by atoms with Gasteiger partial charge in [-0.15, -0.1) is 0 Å². The van der Waals surface area contributed by atoms with Gasteiger partial charge in [0.25, 0.3) is 0 Å². The summed E-state index contributed by atoms with van der Waals surface area (Å²) in [4.78, 5) is 8.54. The molecule has 1 aromatic heterocycles. The summed E-state index contributed by atoms with van der Waals surface area (Å²) in [7, 11) is 0. The van der Waals surface area contributed by atoms with Gasteiger partial charge in [-0.25, -0.2) is 9.97 Å². The molecular formula is C30H27N3O. The van der Waals surface area contributed by atoms with Crippen molar-refractivity contribution in [2.24, 2.45) is 0 Å². The first-order valence-corrected chi connectivity index (χ1v) is 11.5. The van der Waals surface area contributed by atoms with Crippen molar-refractivity contribution < 1.29 is 4.74 Å². The summed E-state index contributed by atoms with van der Waals surface area (Å²) in [6.07, 6.45) is 10.1. The van der Waals surface area contributed by atoms with Crippen LogP contribution in [0.4, 0.5) is 5.82 Å². The first-order chi connectivity index (χ1) is 16.7. The molecule has 0 amide bonds. The minimum Gasteiger partial charge on any atom is -0.489 e. The van der Waals surface area contributed by atoms with Crippen molar-refractivity contribution >= 4 is 27.9 Å². The van der Waals surface area contributed by atoms with Gasteiger partial charge in [0.2, 0.25) is 0 Å². The fourth-order valence-electron chi connectivity index (χ4n) is 4.37. The molecule has 4 nitrogen and oxygen atoms in total. The fourth-order valence-corrected chi connectivity index (χ4v) is 4.37. The molecule has 0 aliphatic heterocycles. The topological polar surface area (TPSA) is 61.0 Å². The zero-order valence-corrected chi connectivity index (χ0v) is 19.2. The third-order valence-electron chi connectivity index (χ3n) is 6.13. The van der Waals surface area contributed by atoms with Crippen LogP contribution in [0, 0.1) is 0 Å². The molecule has 0 spiro atoms. The van der Waals surface area contributed by atoms with Crippen LogP contribution in [0.3, 0.4) is 0 Å². The summed E-state index contributed by atoms with van der Waals surface area (Å²) in [5.74, 6) is 1.35. The molecule has 4 heteroatoms. The minimum absolute atomic E-state index is 0.493. The maximum absolute atomic E-state index is 6.17. The van der Waals surface area contributed by atoms with Gasteiger partial charge in [-0.3, -0.25) is 0 Å². The lowest BCUT2D eigenvalue weighted by atomic mass is 9.86. The monoisotopic (exact) mass is 445 g/mol. The second kappa shape index (κ2) is 9.75. The van der Waals surface area contributed by atoms with Crippen LogP contribution in [-0.2, 0) is 6.61 Å². The Bertz CT molecular complexity index is 1420. The lowest BCUT2D eigenvalue weighted by Gasteiger charge is -2.19. The standard InChI is InChI=1S/C30H27N3O/c1-21-9-4-2-7-14-26(23-15-16-28-27(18-23)30(31)33-20-32-28)29(21)24-12-8-13-25(17-24)34-19-22-10-5-3-6-11-22/h2-3,5-8,10-18,20H,4,9,19H2,1H3,(H2,31,32,33). The molecule has 168 valence electrons. The van der Waals surface area contributed by atoms with Gasteiger partial charge in [0.15, 0.2) is 0 Å². The average Bonchev–Trinajstić information content (AvgIpc) is 2.86. The molecular weight excluding hydrogens is 418 g/mol. The molecule has 0 saturated carbocycles. The Hall–Kier alpha value is -4.18. The number of hydrogen-bond acceptors (Lipinski definition) is 4. The average molecular weight is 446 g/mol. The van der Waals surface area contributed by atoms with Crippen LogP contribution >= 0.6 is 0 Å². The van der Waals surface area contributed by atoms with Crippen molar-refractivity contribution in [3.63, 3.8) is 0 Å². The van der Waals surface area contributed by atoms with Crippen molar-refractivity contribution in [3.8, 4) is 5.75 Å². The van der Waals surface area contributed by atoms with Crippen LogP contribution in [0.1, 0.15) is 36.5 Å². The van der Waals surface area contributed by atoms with Crippen molar-refractivity contribution in [1.82, 2.24) is 9.97 Å². The van der Waals surface area contributed by atoms with Gasteiger partial charge in [-0.05, 0) is 71.9 Å². The molecule has 1 aliphatic carbocycles. The Kier molecular flexibility index (Phi) is 6.21. The zero-order chi connectivity index (χ0) is 23.3. The van der Waals surface area contributed by atoms with Gasteiger partial charge in [0, 0.05) is 5.39 Å². The zero-order valence-electron chi connectivity index (χ0n) is 19.2. The van der Waals surface area contributed by atoms with Crippen LogP contribution in [0.5, 0.6) is 5.75 Å². The van der Waals surface area contributed by atoms with Gasteiger partial charge in [0.05, 0.1) is 5.52 Å². The first kappa shape index (κ1) is 21.7. The highest BCUT2D eigenvalue weighted by molar-refractivity contribution is 6.08. The molecule has 1 heterocycles. The number of fused-ring (bicyclic) bond motifs is 1. The van der Waals surface area contributed by atoms with E-state index in [9.17, 15) is 0 Å². The van der Waals surface area contributed by atoms with Crippen molar-refractivity contribution in [1.29, 1.82) is 0 Å². The summed E-state index contributed by atoms with van der Waals surface area (Å²) >= 11 is 0. The Morgan fingerprint density at radius 2 is 1.79 bits per heavy atom. The van der Waals surface area contributed by atoms with E-state index in [1.807, 2.05) is 30.3 Å². The fraction of sp³-hybridized carbons (Fsp3) is 0.133. The third-order valence-corrected chi connectivity index (χ3v) is 6.13. The molecule has 0 radical (unpaired) electrons. The quantitative estimate of drug-likeness (QED) is 0.359. The van der Waals surface area contributed by atoms with Crippen molar-refractivity contribution in [2.75, 3.05) is 5.73 Å². The molecule has 34 heavy (non-hydrogen) atoms. The Morgan fingerprint density at radius 1 is 0.912 bits per heavy atom. The Balaban J connectivity index is 1.55. The van der Waals surface area contributed by atoms with Crippen LogP contribution in [0.25, 0.3) is 22.0 Å². The number of ether oxygens (including phenoxy) is 1. The van der Waals surface area contributed by atoms with Crippen LogP contribution in [0.15, 0.2) is 103 Å². The molecule has 1 aliphatic rings. The number of aromatic nitrogens is 2. The lowest BCUT2D eigenvalue weighted by Crippen LogP contribution is -2.00. The summed E-state index contributed by atoms with van der Waals surface area (Å²) in [6.45, 7) is 2.76. The summed E-state index contributed by atoms with van der Waals surface area (Å²) in [5, 5.41) is 0.865. The number of anilines is 1. The molecule has 0 fully saturated rings. The van der Waals surface area contributed by atoms with Gasteiger partial charge in [-0.1, -0.05) is 72.3 Å². The van der Waals surface area contributed by atoms with E-state index in [2.05, 4.69) is 77.6 Å². The maximum Gasteiger partial charge on any atom is 0.134 e. The Labute approximate surface area is 200 Å². The second-order valence-corrected chi connectivity index (χ2v) is 8.50. The Morgan fingerprint density at radius 3 is 2.68 bits per heavy atom. The molecule has 3 aromatic carbocycles. The number of nitrogen functional groups attached to an aromatic ring is 1. The third kappa shape index (κ3) is 4.62. The lowest BCUT2D eigenvalue weighted by molar-refractivity contribution is 0.306. The SMILES string of the molecule is CC1=C(c2cccc(OCc3ccccc3)c2)C(c2ccc3ncnc(N)c3c2)=CC=CCC1. The smallest absolute Gasteiger partial charge is 0.134 e. The van der Waals surface area contributed by atoms with E-state index >= 15 is 0 Å². The number of benzene rings is 3. The number of allylic oxidation sites excluding steroid dienone is 6. The minimum atomic E-state index is 0.493. The molecule has 2 N–H and O–H groups in total. The predicted octanol–water partition coefficient (Wildman–Crippen LogP) is 7.00. The summed E-state index contributed by atoms with van der Waals surface area (Å²) < 4.78 is 6.14. The van der Waals surface area contributed by atoms with Crippen molar-refractivity contribution in [2.45, 2.75) is 26.4 Å². The van der Waals surface area contributed by atoms with E-state index in [1.54, 1.807) is 0 Å². The second-order valence-electron chi connectivity index (χ2n) is 8.50. The molecule has 5 rings (SSSR count). The van der Waals surface area contributed by atoms with E-state index in [0.717, 1.165) is 51.8 Å². The molecule has 0 unspecified atom stereocenters. The summed E-state index contributed by atoms with van der Waals surface area (Å²) in [5.41, 5.74) is 14.1. The van der Waals surface area contributed by atoms with E-state index in [1.165, 1.54) is 17.5 Å². The number of nitrogens with zero attached hydrogens (tertiary/aromatic N) is 2. The predicted molar refractivity (Wildman–Crippen MR) is 140 cm³/mol. The summed E-state index contributed by atoms with van der Waals surface area (Å²) in [6, 6.07) is 24.8. The molecule has 0 saturated heterocycles. The van der Waals surface area contributed by atoms with Crippen LogP contribution in [0.2, 0.25) is 0 Å². The van der Waals surface area contributed by atoms with Gasteiger partial charge in [-0.2, -0.15) is 0 Å². The van der Waals surface area contributed by atoms with E-state index in [-0.39, 0.29) is 0 Å². The first-order valence-electron chi connectivity index (χ1n) is 11.5. The number of hydrogen-bond donors (Lipinski definition) is 1.